The summed E-state index contributed by atoms with van der Waals surface area (Å²) in [6, 6.07) is 6.03. The van der Waals surface area contributed by atoms with Gasteiger partial charge in [0.2, 0.25) is 5.90 Å². The van der Waals surface area contributed by atoms with Crippen LogP contribution in [0.3, 0.4) is 0 Å². The molecule has 2 bridgehead atoms. The topological polar surface area (TPSA) is 55.8 Å². The predicted molar refractivity (Wildman–Crippen MR) is 99.0 cm³/mol. The summed E-state index contributed by atoms with van der Waals surface area (Å²) >= 11 is 0. The minimum Gasteiger partial charge on any atom is -0.467 e. The maximum Gasteiger partial charge on any atom is 0.219 e. The molecule has 3 fully saturated rings. The molecule has 2 N–H and O–H groups in total. The lowest BCUT2D eigenvalue weighted by molar-refractivity contribution is -0.0825. The van der Waals surface area contributed by atoms with Crippen molar-refractivity contribution < 1.29 is 4.74 Å². The summed E-state index contributed by atoms with van der Waals surface area (Å²) in [6.07, 6.45) is 4.60. The molecule has 24 heavy (non-hydrogen) atoms. The molecule has 0 amide bonds. The number of hydrogen-bond donors (Lipinski definition) is 1. The molecule has 3 saturated heterocycles. The van der Waals surface area contributed by atoms with E-state index in [1.165, 1.54) is 25.9 Å². The van der Waals surface area contributed by atoms with Crippen LogP contribution >= 0.6 is 12.4 Å². The van der Waals surface area contributed by atoms with E-state index in [2.05, 4.69) is 28.8 Å². The Morgan fingerprint density at radius 2 is 2.08 bits per heavy atom. The highest BCUT2D eigenvalue weighted by Crippen LogP contribution is 2.42. The molecule has 5 nitrogen and oxygen atoms in total. The van der Waals surface area contributed by atoms with Crippen molar-refractivity contribution in [3.05, 3.63) is 30.0 Å². The summed E-state index contributed by atoms with van der Waals surface area (Å²) in [4.78, 5) is 7.34. The Morgan fingerprint density at radius 3 is 2.79 bits per heavy atom. The number of benzene rings is 1. The maximum atomic E-state index is 6.53. The van der Waals surface area contributed by atoms with Gasteiger partial charge in [-0.15, -0.1) is 12.4 Å². The van der Waals surface area contributed by atoms with Gasteiger partial charge in [-0.1, -0.05) is 0 Å². The molecular formula is C18H23ClN4O. The quantitative estimate of drug-likeness (QED) is 0.807. The fourth-order valence-electron chi connectivity index (χ4n) is 4.60. The number of aromatic nitrogens is 1. The molecule has 0 saturated carbocycles. The lowest BCUT2D eigenvalue weighted by Crippen LogP contribution is -2.60. The Labute approximate surface area is 147 Å². The van der Waals surface area contributed by atoms with Crippen molar-refractivity contribution in [1.82, 2.24) is 9.47 Å². The van der Waals surface area contributed by atoms with Crippen LogP contribution in [0.25, 0.3) is 10.9 Å². The second-order valence-electron chi connectivity index (χ2n) is 7.27. The monoisotopic (exact) mass is 346 g/mol. The molecule has 4 aliphatic rings. The highest BCUT2D eigenvalue weighted by atomic mass is 35.5. The average Bonchev–Trinajstić information content (AvgIpc) is 3.10. The van der Waals surface area contributed by atoms with Gasteiger partial charge in [0.25, 0.3) is 0 Å². The van der Waals surface area contributed by atoms with Crippen molar-refractivity contribution in [2.24, 2.45) is 18.0 Å². The average molecular weight is 347 g/mol. The summed E-state index contributed by atoms with van der Waals surface area (Å²) in [5, 5.41) is 1.13. The molecule has 2 aromatic rings. The van der Waals surface area contributed by atoms with E-state index in [1.807, 2.05) is 12.1 Å². The van der Waals surface area contributed by atoms with Crippen molar-refractivity contribution in [1.29, 1.82) is 0 Å². The zero-order valence-electron chi connectivity index (χ0n) is 13.9. The molecule has 0 radical (unpaired) electrons. The van der Waals surface area contributed by atoms with Crippen LogP contribution < -0.4 is 5.73 Å². The Bertz CT molecular complexity index is 822. The van der Waals surface area contributed by atoms with Crippen LogP contribution in [0.5, 0.6) is 0 Å². The first-order valence-electron chi connectivity index (χ1n) is 8.45. The number of nitrogens with zero attached hydrogens (tertiary/aromatic N) is 3. The molecule has 6 rings (SSSR count). The van der Waals surface area contributed by atoms with Gasteiger partial charge in [0, 0.05) is 42.3 Å². The molecule has 1 aromatic heterocycles. The van der Waals surface area contributed by atoms with Crippen molar-refractivity contribution >= 4 is 34.9 Å². The van der Waals surface area contributed by atoms with Gasteiger partial charge in [-0.05, 0) is 44.1 Å². The molecular weight excluding hydrogens is 324 g/mol. The first-order chi connectivity index (χ1) is 11.1. The maximum absolute atomic E-state index is 6.53. The molecule has 5 heterocycles. The molecule has 6 heteroatoms. The fraction of sp³-hybridized carbons (Fsp3) is 0.500. The Kier molecular flexibility index (Phi) is 3.55. The van der Waals surface area contributed by atoms with Gasteiger partial charge >= 0.3 is 0 Å². The molecule has 1 unspecified atom stereocenters. The first kappa shape index (κ1) is 15.8. The van der Waals surface area contributed by atoms with Crippen molar-refractivity contribution in [2.45, 2.75) is 18.4 Å². The van der Waals surface area contributed by atoms with Gasteiger partial charge in [0.15, 0.2) is 0 Å². The number of ether oxygens (including phenoxy) is 1. The molecule has 0 aliphatic carbocycles. The third kappa shape index (κ3) is 2.15. The van der Waals surface area contributed by atoms with E-state index in [-0.39, 0.29) is 18.0 Å². The van der Waals surface area contributed by atoms with Gasteiger partial charge < -0.3 is 15.0 Å². The number of hydrogen-bond acceptors (Lipinski definition) is 4. The van der Waals surface area contributed by atoms with Crippen LogP contribution in [0.1, 0.15) is 18.4 Å². The Balaban J connectivity index is 0.00000146. The van der Waals surface area contributed by atoms with Crippen molar-refractivity contribution in [3.8, 4) is 0 Å². The van der Waals surface area contributed by atoms with Crippen molar-refractivity contribution in [2.75, 3.05) is 31.9 Å². The second kappa shape index (κ2) is 5.39. The van der Waals surface area contributed by atoms with E-state index < -0.39 is 0 Å². The summed E-state index contributed by atoms with van der Waals surface area (Å²) in [6.45, 7) is 4.26. The van der Waals surface area contributed by atoms with Crippen LogP contribution in [0.15, 0.2) is 29.4 Å². The lowest BCUT2D eigenvalue weighted by atomic mass is 9.75. The van der Waals surface area contributed by atoms with Crippen LogP contribution in [0, 0.1) is 5.92 Å². The smallest absolute Gasteiger partial charge is 0.219 e. The van der Waals surface area contributed by atoms with E-state index in [0.29, 0.717) is 5.92 Å². The fourth-order valence-corrected chi connectivity index (χ4v) is 4.60. The minimum atomic E-state index is -0.0890. The van der Waals surface area contributed by atoms with E-state index in [1.54, 1.807) is 0 Å². The summed E-state index contributed by atoms with van der Waals surface area (Å²) < 4.78 is 8.65. The van der Waals surface area contributed by atoms with Crippen LogP contribution in [0.2, 0.25) is 0 Å². The van der Waals surface area contributed by atoms with E-state index in [0.717, 1.165) is 41.1 Å². The number of halogens is 1. The van der Waals surface area contributed by atoms with Gasteiger partial charge in [0.05, 0.1) is 12.1 Å². The number of fused-ring (bicyclic) bond motifs is 3. The number of rotatable bonds is 1. The van der Waals surface area contributed by atoms with Gasteiger partial charge in [-0.25, -0.2) is 4.99 Å². The number of aryl methyl sites for hydroxylation is 1. The van der Waals surface area contributed by atoms with Gasteiger partial charge in [-0.2, -0.15) is 0 Å². The SMILES string of the molecule is Cl.Cn1cc(C2=NCC3(CN4CCC3CC4)O2)c2cc(N)ccc21. The van der Waals surface area contributed by atoms with E-state index in [9.17, 15) is 0 Å². The first-order valence-corrected chi connectivity index (χ1v) is 8.45. The highest BCUT2D eigenvalue weighted by Gasteiger charge is 2.51. The summed E-state index contributed by atoms with van der Waals surface area (Å²) in [5.74, 6) is 1.45. The predicted octanol–water partition coefficient (Wildman–Crippen LogP) is 2.42. The van der Waals surface area contributed by atoms with Crippen LogP contribution in [-0.2, 0) is 11.8 Å². The molecule has 1 spiro atoms. The molecule has 1 aromatic carbocycles. The van der Waals surface area contributed by atoms with Crippen molar-refractivity contribution in [3.63, 3.8) is 0 Å². The number of aliphatic imine (C=N–C) groups is 1. The summed E-state index contributed by atoms with van der Waals surface area (Å²) in [5.41, 5.74) is 8.91. The number of anilines is 1. The molecule has 4 aliphatic heterocycles. The number of piperidine rings is 3. The largest absolute Gasteiger partial charge is 0.467 e. The Morgan fingerprint density at radius 1 is 1.29 bits per heavy atom. The van der Waals surface area contributed by atoms with E-state index in [4.69, 9.17) is 15.5 Å². The van der Waals surface area contributed by atoms with E-state index >= 15 is 0 Å². The summed E-state index contributed by atoms with van der Waals surface area (Å²) in [7, 11) is 2.06. The highest BCUT2D eigenvalue weighted by molar-refractivity contribution is 6.08. The number of nitrogen functional groups attached to an aromatic ring is 1. The third-order valence-electron chi connectivity index (χ3n) is 5.86. The molecule has 1 atom stereocenters. The zero-order chi connectivity index (χ0) is 15.6. The minimum absolute atomic E-state index is 0. The van der Waals surface area contributed by atoms with Crippen LogP contribution in [-0.4, -0.2) is 47.1 Å². The lowest BCUT2D eigenvalue weighted by Gasteiger charge is -2.50. The normalized spacial score (nSPS) is 31.1. The number of nitrogens with two attached hydrogens (primary N) is 1. The third-order valence-corrected chi connectivity index (χ3v) is 5.86. The molecule has 128 valence electrons. The zero-order valence-corrected chi connectivity index (χ0v) is 14.7. The second-order valence-corrected chi connectivity index (χ2v) is 7.27. The van der Waals surface area contributed by atoms with Gasteiger partial charge in [-0.3, -0.25) is 4.90 Å². The van der Waals surface area contributed by atoms with Crippen LogP contribution in [0.4, 0.5) is 5.69 Å². The standard InChI is InChI=1S/C18H22N4O.ClH/c1-21-9-15(14-8-13(19)2-3-16(14)21)17-20-10-18(23-17)11-22-6-4-12(18)5-7-22;/h2-3,8-9,12H,4-7,10-11,19H2,1H3;1H. The Hall–Kier alpha value is -1.72. The van der Waals surface area contributed by atoms with Gasteiger partial charge in [0.1, 0.15) is 5.60 Å².